The van der Waals surface area contributed by atoms with E-state index < -0.39 is 0 Å². The van der Waals surface area contributed by atoms with Crippen LogP contribution in [0.5, 0.6) is 5.75 Å². The number of hydrogen-bond acceptors (Lipinski definition) is 5. The number of carbonyl (C=O) groups is 1. The Balaban J connectivity index is 1.39. The summed E-state index contributed by atoms with van der Waals surface area (Å²) in [5.74, 6) is 0.355. The van der Waals surface area contributed by atoms with Crippen LogP contribution < -0.4 is 15.0 Å². The fourth-order valence-electron chi connectivity index (χ4n) is 3.46. The Labute approximate surface area is 167 Å². The van der Waals surface area contributed by atoms with Crippen molar-refractivity contribution in [1.82, 2.24) is 4.98 Å². The number of amides is 1. The lowest BCUT2D eigenvalue weighted by atomic mass is 9.96. The molecule has 146 valence electrons. The molecule has 0 unspecified atom stereocenters. The van der Waals surface area contributed by atoms with Gasteiger partial charge in [-0.3, -0.25) is 4.79 Å². The molecule has 1 fully saturated rings. The second-order valence-electron chi connectivity index (χ2n) is 6.76. The molecule has 0 bridgehead atoms. The van der Waals surface area contributed by atoms with E-state index in [-0.39, 0.29) is 17.6 Å². The highest BCUT2D eigenvalue weighted by molar-refractivity contribution is 7.22. The number of benzene rings is 2. The van der Waals surface area contributed by atoms with Gasteiger partial charge in [-0.1, -0.05) is 29.5 Å². The number of nitrogens with one attached hydrogen (secondary N) is 1. The number of anilines is 2. The molecule has 28 heavy (non-hydrogen) atoms. The first kappa shape index (κ1) is 18.7. The molecule has 0 radical (unpaired) electrons. The van der Waals surface area contributed by atoms with Crippen LogP contribution in [0, 0.1) is 11.7 Å². The van der Waals surface area contributed by atoms with Crippen LogP contribution in [0.4, 0.5) is 15.2 Å². The number of rotatable bonds is 5. The number of aromatic nitrogens is 1. The van der Waals surface area contributed by atoms with Crippen molar-refractivity contribution < 1.29 is 13.9 Å². The molecule has 1 aliphatic heterocycles. The van der Waals surface area contributed by atoms with Crippen LogP contribution in [0.3, 0.4) is 0 Å². The highest BCUT2D eigenvalue weighted by atomic mass is 32.1. The van der Waals surface area contributed by atoms with E-state index in [2.05, 4.69) is 15.2 Å². The lowest BCUT2D eigenvalue weighted by Gasteiger charge is -2.31. The zero-order valence-electron chi connectivity index (χ0n) is 15.7. The largest absolute Gasteiger partial charge is 0.492 e. The molecule has 1 aliphatic rings. The maximum absolute atomic E-state index is 13.9. The minimum absolute atomic E-state index is 0.0159. The summed E-state index contributed by atoms with van der Waals surface area (Å²) < 4.78 is 20.3. The van der Waals surface area contributed by atoms with Gasteiger partial charge in [-0.2, -0.15) is 0 Å². The van der Waals surface area contributed by atoms with Gasteiger partial charge in [-0.05, 0) is 44.0 Å². The standard InChI is InChI=1S/C21H22FN3O2S/c1-2-27-17-8-4-3-7-16(17)23-20(26)14-10-12-25(13-11-14)21-24-19-15(22)6-5-9-18(19)28-21/h3-9,14H,2,10-13H2,1H3,(H,23,26). The molecule has 1 N–H and O–H groups in total. The van der Waals surface area contributed by atoms with Gasteiger partial charge in [0.2, 0.25) is 5.91 Å². The monoisotopic (exact) mass is 399 g/mol. The molecule has 0 aliphatic carbocycles. The van der Waals surface area contributed by atoms with Gasteiger partial charge in [0.1, 0.15) is 17.1 Å². The lowest BCUT2D eigenvalue weighted by molar-refractivity contribution is -0.120. The average molecular weight is 399 g/mol. The van der Waals surface area contributed by atoms with E-state index in [4.69, 9.17) is 4.74 Å². The van der Waals surface area contributed by atoms with E-state index in [9.17, 15) is 9.18 Å². The number of para-hydroxylation sites is 3. The third-order valence-corrected chi connectivity index (χ3v) is 6.02. The zero-order chi connectivity index (χ0) is 19.5. The van der Waals surface area contributed by atoms with Gasteiger partial charge < -0.3 is 15.0 Å². The topological polar surface area (TPSA) is 54.5 Å². The maximum Gasteiger partial charge on any atom is 0.227 e. The van der Waals surface area contributed by atoms with Crippen molar-refractivity contribution in [3.05, 3.63) is 48.3 Å². The van der Waals surface area contributed by atoms with E-state index in [1.807, 2.05) is 37.3 Å². The second kappa shape index (κ2) is 8.14. The summed E-state index contributed by atoms with van der Waals surface area (Å²) in [7, 11) is 0. The van der Waals surface area contributed by atoms with Gasteiger partial charge in [0.15, 0.2) is 5.13 Å². The molecular formula is C21H22FN3O2S. The van der Waals surface area contributed by atoms with Gasteiger partial charge in [-0.15, -0.1) is 0 Å². The van der Waals surface area contributed by atoms with E-state index in [0.717, 1.165) is 35.8 Å². The predicted molar refractivity (Wildman–Crippen MR) is 111 cm³/mol. The van der Waals surface area contributed by atoms with Crippen LogP contribution in [-0.2, 0) is 4.79 Å². The Kier molecular flexibility index (Phi) is 5.43. The Morgan fingerprint density at radius 2 is 2.04 bits per heavy atom. The van der Waals surface area contributed by atoms with E-state index in [1.165, 1.54) is 17.4 Å². The molecule has 1 aromatic heterocycles. The summed E-state index contributed by atoms with van der Waals surface area (Å²) in [6.45, 7) is 3.93. The van der Waals surface area contributed by atoms with Crippen LogP contribution >= 0.6 is 11.3 Å². The van der Waals surface area contributed by atoms with Crippen molar-refractivity contribution in [2.45, 2.75) is 19.8 Å². The number of ether oxygens (including phenoxy) is 1. The minimum atomic E-state index is -0.290. The molecule has 1 amide bonds. The van der Waals surface area contributed by atoms with E-state index in [0.29, 0.717) is 23.6 Å². The SMILES string of the molecule is CCOc1ccccc1NC(=O)C1CCN(c2nc3c(F)cccc3s2)CC1. The number of thiazole rings is 1. The van der Waals surface area contributed by atoms with Gasteiger partial charge in [0.05, 0.1) is 17.0 Å². The van der Waals surface area contributed by atoms with Gasteiger partial charge >= 0.3 is 0 Å². The van der Waals surface area contributed by atoms with Crippen molar-refractivity contribution in [2.75, 3.05) is 29.9 Å². The first-order valence-electron chi connectivity index (χ1n) is 9.48. The molecule has 4 rings (SSSR count). The Morgan fingerprint density at radius 3 is 2.79 bits per heavy atom. The van der Waals surface area contributed by atoms with Gasteiger partial charge in [0, 0.05) is 19.0 Å². The third kappa shape index (κ3) is 3.80. The molecule has 5 nitrogen and oxygen atoms in total. The molecule has 0 saturated carbocycles. The first-order chi connectivity index (χ1) is 13.7. The minimum Gasteiger partial charge on any atom is -0.492 e. The van der Waals surface area contributed by atoms with E-state index >= 15 is 0 Å². The summed E-state index contributed by atoms with van der Waals surface area (Å²) in [4.78, 5) is 19.3. The summed E-state index contributed by atoms with van der Waals surface area (Å²) in [6.07, 6.45) is 1.47. The molecule has 1 saturated heterocycles. The number of hydrogen-bond donors (Lipinski definition) is 1. The summed E-state index contributed by atoms with van der Waals surface area (Å²) in [6, 6.07) is 12.5. The summed E-state index contributed by atoms with van der Waals surface area (Å²) >= 11 is 1.50. The van der Waals surface area contributed by atoms with Crippen LogP contribution in [0.15, 0.2) is 42.5 Å². The third-order valence-electron chi connectivity index (χ3n) is 4.94. The molecule has 0 spiro atoms. The van der Waals surface area contributed by atoms with Crippen LogP contribution in [0.2, 0.25) is 0 Å². The Bertz CT molecular complexity index is 983. The lowest BCUT2D eigenvalue weighted by Crippen LogP contribution is -2.38. The van der Waals surface area contributed by atoms with E-state index in [1.54, 1.807) is 6.07 Å². The summed E-state index contributed by atoms with van der Waals surface area (Å²) in [5.41, 5.74) is 1.13. The fraction of sp³-hybridized carbons (Fsp3) is 0.333. The Morgan fingerprint density at radius 1 is 1.25 bits per heavy atom. The van der Waals surface area contributed by atoms with Crippen molar-refractivity contribution in [1.29, 1.82) is 0 Å². The molecule has 0 atom stereocenters. The normalized spacial score (nSPS) is 15.0. The molecule has 3 aromatic rings. The second-order valence-corrected chi connectivity index (χ2v) is 7.77. The number of nitrogens with zero attached hydrogens (tertiary/aromatic N) is 2. The van der Waals surface area contributed by atoms with Gasteiger partial charge in [-0.25, -0.2) is 9.37 Å². The molecular weight excluding hydrogens is 377 g/mol. The highest BCUT2D eigenvalue weighted by Gasteiger charge is 2.27. The molecule has 2 aromatic carbocycles. The molecule has 2 heterocycles. The number of fused-ring (bicyclic) bond motifs is 1. The van der Waals surface area contributed by atoms with Crippen LogP contribution in [0.1, 0.15) is 19.8 Å². The van der Waals surface area contributed by atoms with Crippen LogP contribution in [0.25, 0.3) is 10.2 Å². The maximum atomic E-state index is 13.9. The highest BCUT2D eigenvalue weighted by Crippen LogP contribution is 2.33. The number of carbonyl (C=O) groups excluding carboxylic acids is 1. The smallest absolute Gasteiger partial charge is 0.227 e. The fourth-order valence-corrected chi connectivity index (χ4v) is 4.49. The predicted octanol–water partition coefficient (Wildman–Crippen LogP) is 4.69. The number of halogens is 1. The average Bonchev–Trinajstić information content (AvgIpc) is 3.15. The summed E-state index contributed by atoms with van der Waals surface area (Å²) in [5, 5.41) is 3.82. The van der Waals surface area contributed by atoms with Crippen molar-refractivity contribution in [3.63, 3.8) is 0 Å². The molecule has 7 heteroatoms. The van der Waals surface area contributed by atoms with Crippen molar-refractivity contribution in [2.24, 2.45) is 5.92 Å². The van der Waals surface area contributed by atoms with Crippen LogP contribution in [-0.4, -0.2) is 30.6 Å². The zero-order valence-corrected chi connectivity index (χ0v) is 16.5. The van der Waals surface area contributed by atoms with Crippen molar-refractivity contribution >= 4 is 38.3 Å². The van der Waals surface area contributed by atoms with Gasteiger partial charge in [0.25, 0.3) is 0 Å². The quantitative estimate of drug-likeness (QED) is 0.676. The number of piperidine rings is 1. The Hall–Kier alpha value is -2.67. The van der Waals surface area contributed by atoms with Crippen molar-refractivity contribution in [3.8, 4) is 5.75 Å². The first-order valence-corrected chi connectivity index (χ1v) is 10.3.